The molecule has 3 rings (SSSR count). The number of aromatic nitrogens is 2. The zero-order valence-corrected chi connectivity index (χ0v) is 11.2. The minimum Gasteiger partial charge on any atom is -0.356 e. The molecule has 0 radical (unpaired) electrons. The van der Waals surface area contributed by atoms with Gasteiger partial charge in [-0.15, -0.1) is 0 Å². The number of fused-ring (bicyclic) bond motifs is 1. The van der Waals surface area contributed by atoms with Crippen LogP contribution in [-0.2, 0) is 6.54 Å². The average Bonchev–Trinajstić information content (AvgIpc) is 2.80. The molecule has 0 amide bonds. The maximum Gasteiger partial charge on any atom is 0.204 e. The highest BCUT2D eigenvalue weighted by Crippen LogP contribution is 2.29. The lowest BCUT2D eigenvalue weighted by Gasteiger charge is -2.15. The molecule has 1 aliphatic heterocycles. The Kier molecular flexibility index (Phi) is 2.75. The van der Waals surface area contributed by atoms with Crippen molar-refractivity contribution in [2.75, 3.05) is 11.9 Å². The van der Waals surface area contributed by atoms with Crippen molar-refractivity contribution in [2.24, 2.45) is 0 Å². The Morgan fingerprint density at radius 2 is 2.16 bits per heavy atom. The maximum absolute atomic E-state index is 9.41. The number of aryl methyl sites for hydroxylation is 2. The molecule has 0 unspecified atom stereocenters. The van der Waals surface area contributed by atoms with Crippen LogP contribution in [0, 0.1) is 25.2 Å². The predicted octanol–water partition coefficient (Wildman–Crippen LogP) is 2.85. The number of anilines is 1. The van der Waals surface area contributed by atoms with Gasteiger partial charge in [0, 0.05) is 18.7 Å². The third-order valence-corrected chi connectivity index (χ3v) is 3.70. The van der Waals surface area contributed by atoms with Crippen molar-refractivity contribution < 1.29 is 0 Å². The summed E-state index contributed by atoms with van der Waals surface area (Å²) in [5, 5.41) is 12.7. The molecule has 2 heterocycles. The minimum absolute atomic E-state index is 0.658. The van der Waals surface area contributed by atoms with E-state index in [9.17, 15) is 5.26 Å². The molecule has 0 spiro atoms. The van der Waals surface area contributed by atoms with Crippen molar-refractivity contribution in [3.8, 4) is 17.3 Å². The summed E-state index contributed by atoms with van der Waals surface area (Å²) >= 11 is 0. The number of benzene rings is 1. The first kappa shape index (κ1) is 11.8. The van der Waals surface area contributed by atoms with E-state index < -0.39 is 0 Å². The first-order valence-electron chi connectivity index (χ1n) is 6.53. The SMILES string of the molecule is Cc1ccc(-c2nc3n(c2C#N)CCCN3)cc1C. The number of nitriles is 1. The van der Waals surface area contributed by atoms with Crippen LogP contribution in [0.1, 0.15) is 23.2 Å². The van der Waals surface area contributed by atoms with E-state index in [-0.39, 0.29) is 0 Å². The van der Waals surface area contributed by atoms with Gasteiger partial charge in [0.2, 0.25) is 5.95 Å². The van der Waals surface area contributed by atoms with Gasteiger partial charge in [-0.3, -0.25) is 0 Å². The number of hydrogen-bond donors (Lipinski definition) is 1. The highest BCUT2D eigenvalue weighted by atomic mass is 15.2. The topological polar surface area (TPSA) is 53.6 Å². The number of imidazole rings is 1. The second-order valence-corrected chi connectivity index (χ2v) is 4.98. The van der Waals surface area contributed by atoms with Gasteiger partial charge in [-0.05, 0) is 37.5 Å². The molecule has 0 bridgehead atoms. The third-order valence-electron chi connectivity index (χ3n) is 3.70. The van der Waals surface area contributed by atoms with Crippen LogP contribution >= 0.6 is 0 Å². The molecule has 1 N–H and O–H groups in total. The van der Waals surface area contributed by atoms with Crippen LogP contribution in [0.15, 0.2) is 18.2 Å². The fourth-order valence-electron chi connectivity index (χ4n) is 2.45. The lowest BCUT2D eigenvalue weighted by molar-refractivity contribution is 0.622. The lowest BCUT2D eigenvalue weighted by atomic mass is 10.0. The van der Waals surface area contributed by atoms with Crippen molar-refractivity contribution >= 4 is 5.95 Å². The molecule has 96 valence electrons. The van der Waals surface area contributed by atoms with Crippen LogP contribution in [0.3, 0.4) is 0 Å². The summed E-state index contributed by atoms with van der Waals surface area (Å²) in [6, 6.07) is 8.52. The molecule has 0 fully saturated rings. The zero-order chi connectivity index (χ0) is 13.4. The summed E-state index contributed by atoms with van der Waals surface area (Å²) in [4.78, 5) is 4.59. The molecule has 1 aromatic carbocycles. The van der Waals surface area contributed by atoms with Gasteiger partial charge in [0.05, 0.1) is 0 Å². The molecule has 0 saturated carbocycles. The lowest BCUT2D eigenvalue weighted by Crippen LogP contribution is -2.18. The molecule has 4 nitrogen and oxygen atoms in total. The van der Waals surface area contributed by atoms with Gasteiger partial charge in [-0.1, -0.05) is 12.1 Å². The van der Waals surface area contributed by atoms with Crippen LogP contribution in [0.25, 0.3) is 11.3 Å². The number of nitrogens with zero attached hydrogens (tertiary/aromatic N) is 3. The normalized spacial score (nSPS) is 13.5. The standard InChI is InChI=1S/C15H16N4/c1-10-4-5-12(8-11(10)2)14-13(9-16)19-7-3-6-17-15(19)18-14/h4-5,8H,3,6-7H2,1-2H3,(H,17,18). The molecular weight excluding hydrogens is 236 g/mol. The largest absolute Gasteiger partial charge is 0.356 e. The third kappa shape index (κ3) is 1.88. The smallest absolute Gasteiger partial charge is 0.204 e. The Morgan fingerprint density at radius 3 is 2.89 bits per heavy atom. The van der Waals surface area contributed by atoms with E-state index in [0.717, 1.165) is 36.7 Å². The van der Waals surface area contributed by atoms with Crippen molar-refractivity contribution in [3.63, 3.8) is 0 Å². The van der Waals surface area contributed by atoms with Gasteiger partial charge in [-0.2, -0.15) is 5.26 Å². The van der Waals surface area contributed by atoms with E-state index in [1.807, 2.05) is 10.6 Å². The Morgan fingerprint density at radius 1 is 1.32 bits per heavy atom. The van der Waals surface area contributed by atoms with E-state index in [0.29, 0.717) is 5.69 Å². The van der Waals surface area contributed by atoms with Gasteiger partial charge < -0.3 is 9.88 Å². The highest BCUT2D eigenvalue weighted by Gasteiger charge is 2.20. The molecule has 1 aliphatic rings. The maximum atomic E-state index is 9.41. The molecule has 0 aliphatic carbocycles. The summed E-state index contributed by atoms with van der Waals surface area (Å²) in [6.45, 7) is 5.96. The first-order chi connectivity index (χ1) is 9.20. The highest BCUT2D eigenvalue weighted by molar-refractivity contribution is 5.69. The van der Waals surface area contributed by atoms with Crippen molar-refractivity contribution in [1.82, 2.24) is 9.55 Å². The van der Waals surface area contributed by atoms with Crippen molar-refractivity contribution in [3.05, 3.63) is 35.0 Å². The first-order valence-corrected chi connectivity index (χ1v) is 6.53. The van der Waals surface area contributed by atoms with Gasteiger partial charge in [0.1, 0.15) is 17.5 Å². The summed E-state index contributed by atoms with van der Waals surface area (Å²) in [5.41, 5.74) is 4.94. The second-order valence-electron chi connectivity index (χ2n) is 4.98. The Balaban J connectivity index is 2.17. The summed E-state index contributed by atoms with van der Waals surface area (Å²) in [7, 11) is 0. The number of nitrogens with one attached hydrogen (secondary N) is 1. The predicted molar refractivity (Wildman–Crippen MR) is 75.0 cm³/mol. The zero-order valence-electron chi connectivity index (χ0n) is 11.2. The Bertz CT molecular complexity index is 676. The van der Waals surface area contributed by atoms with Gasteiger partial charge in [0.15, 0.2) is 0 Å². The number of hydrogen-bond acceptors (Lipinski definition) is 3. The molecule has 0 atom stereocenters. The van der Waals surface area contributed by atoms with Gasteiger partial charge in [-0.25, -0.2) is 4.98 Å². The minimum atomic E-state index is 0.658. The fourth-order valence-corrected chi connectivity index (χ4v) is 2.45. The molecule has 19 heavy (non-hydrogen) atoms. The summed E-state index contributed by atoms with van der Waals surface area (Å²) in [6.07, 6.45) is 1.03. The van der Waals surface area contributed by atoms with Gasteiger partial charge >= 0.3 is 0 Å². The quantitative estimate of drug-likeness (QED) is 0.849. The molecule has 1 aromatic heterocycles. The molecule has 2 aromatic rings. The second kappa shape index (κ2) is 4.43. The van der Waals surface area contributed by atoms with Gasteiger partial charge in [0.25, 0.3) is 0 Å². The summed E-state index contributed by atoms with van der Waals surface area (Å²) < 4.78 is 1.98. The van der Waals surface area contributed by atoms with E-state index in [1.54, 1.807) is 0 Å². The van der Waals surface area contributed by atoms with Crippen molar-refractivity contribution in [1.29, 1.82) is 5.26 Å². The van der Waals surface area contributed by atoms with Crippen molar-refractivity contribution in [2.45, 2.75) is 26.8 Å². The fraction of sp³-hybridized carbons (Fsp3) is 0.333. The van der Waals surface area contributed by atoms with Crippen LogP contribution in [-0.4, -0.2) is 16.1 Å². The van der Waals surface area contributed by atoms with Crippen LogP contribution in [0.5, 0.6) is 0 Å². The van der Waals surface area contributed by atoms with E-state index in [1.165, 1.54) is 11.1 Å². The molecular formula is C15H16N4. The van der Waals surface area contributed by atoms with E-state index in [4.69, 9.17) is 0 Å². The van der Waals surface area contributed by atoms with Crippen LogP contribution in [0.2, 0.25) is 0 Å². The van der Waals surface area contributed by atoms with Crippen LogP contribution in [0.4, 0.5) is 5.95 Å². The van der Waals surface area contributed by atoms with E-state index in [2.05, 4.69) is 42.4 Å². The molecule has 0 saturated heterocycles. The number of rotatable bonds is 1. The molecule has 4 heteroatoms. The Hall–Kier alpha value is -2.28. The average molecular weight is 252 g/mol. The monoisotopic (exact) mass is 252 g/mol. The summed E-state index contributed by atoms with van der Waals surface area (Å²) in [5.74, 6) is 0.816. The van der Waals surface area contributed by atoms with E-state index >= 15 is 0 Å². The Labute approximate surface area is 112 Å². The van der Waals surface area contributed by atoms with Crippen LogP contribution < -0.4 is 5.32 Å².